The van der Waals surface area contributed by atoms with Crippen molar-refractivity contribution in [3.05, 3.63) is 36.3 Å². The first-order valence-electron chi connectivity index (χ1n) is 8.93. The molecule has 0 unspecified atom stereocenters. The van der Waals surface area contributed by atoms with Crippen LogP contribution in [0.15, 0.2) is 35.2 Å². The van der Waals surface area contributed by atoms with Gasteiger partial charge in [0.25, 0.3) is 0 Å². The fourth-order valence-corrected chi connectivity index (χ4v) is 5.24. The zero-order valence-electron chi connectivity index (χ0n) is 14.9. The van der Waals surface area contributed by atoms with Gasteiger partial charge in [0, 0.05) is 12.3 Å². The number of carboxylic acid groups (broad SMARTS) is 2. The van der Waals surface area contributed by atoms with Crippen LogP contribution in [0, 0.1) is 22.7 Å². The third-order valence-corrected chi connectivity index (χ3v) is 6.67. The van der Waals surface area contributed by atoms with E-state index in [0.29, 0.717) is 37.7 Å². The van der Waals surface area contributed by atoms with Crippen molar-refractivity contribution in [3.63, 3.8) is 0 Å². The summed E-state index contributed by atoms with van der Waals surface area (Å²) < 4.78 is 4.96. The molecule has 4 atom stereocenters. The second kappa shape index (κ2) is 6.41. The van der Waals surface area contributed by atoms with Gasteiger partial charge in [-0.1, -0.05) is 18.6 Å². The van der Waals surface area contributed by atoms with Crippen LogP contribution in [-0.4, -0.2) is 27.9 Å². The minimum Gasteiger partial charge on any atom is -0.481 e. The molecular formula is C20H24O6. The van der Waals surface area contributed by atoms with Crippen LogP contribution in [0.1, 0.15) is 55.8 Å². The number of hydrogen-bond acceptors (Lipinski definition) is 4. The summed E-state index contributed by atoms with van der Waals surface area (Å²) in [5, 5.41) is 20.0. The van der Waals surface area contributed by atoms with E-state index in [9.17, 15) is 24.6 Å². The molecule has 0 amide bonds. The quantitative estimate of drug-likeness (QED) is 0.611. The number of furan rings is 1. The van der Waals surface area contributed by atoms with Gasteiger partial charge in [-0.3, -0.25) is 14.4 Å². The van der Waals surface area contributed by atoms with Crippen molar-refractivity contribution in [2.45, 2.75) is 45.4 Å². The van der Waals surface area contributed by atoms with E-state index in [1.807, 2.05) is 0 Å². The Kier molecular flexibility index (Phi) is 4.54. The van der Waals surface area contributed by atoms with Crippen LogP contribution in [0.4, 0.5) is 0 Å². The first kappa shape index (κ1) is 18.4. The minimum absolute atomic E-state index is 0.0108. The van der Waals surface area contributed by atoms with E-state index >= 15 is 0 Å². The Morgan fingerprint density at radius 2 is 2.00 bits per heavy atom. The van der Waals surface area contributed by atoms with Crippen molar-refractivity contribution >= 4 is 17.7 Å². The normalized spacial score (nSPS) is 34.1. The molecule has 2 N–H and O–H groups in total. The van der Waals surface area contributed by atoms with Gasteiger partial charge in [0.05, 0.1) is 22.7 Å². The zero-order chi connectivity index (χ0) is 19.1. The van der Waals surface area contributed by atoms with Crippen LogP contribution < -0.4 is 0 Å². The van der Waals surface area contributed by atoms with Gasteiger partial charge in [-0.25, -0.2) is 0 Å². The Morgan fingerprint density at radius 1 is 1.27 bits per heavy atom. The Morgan fingerprint density at radius 3 is 2.58 bits per heavy atom. The number of rotatable bonds is 5. The van der Waals surface area contributed by atoms with Crippen LogP contribution in [0.25, 0.3) is 0 Å². The standard InChI is InChI=1S/C20H24O6/c1-12-4-5-16-19(2,17(22)23)7-3-8-20(16,18(24)25)14(12)10-15(21)13-6-9-26-11-13/h6,9,11,14,16H,1,3-5,7-8,10H2,2H3,(H,22,23)(H,24,25)/t14-,16-,19+,20-/m0/s1. The molecule has 6 nitrogen and oxygen atoms in total. The molecule has 1 aromatic rings. The number of Topliss-reactive ketones (excluding diaryl/α,β-unsaturated/α-hetero) is 1. The van der Waals surface area contributed by atoms with Crippen molar-refractivity contribution in [2.75, 3.05) is 0 Å². The van der Waals surface area contributed by atoms with Gasteiger partial charge in [-0.2, -0.15) is 0 Å². The van der Waals surface area contributed by atoms with Crippen molar-refractivity contribution in [1.29, 1.82) is 0 Å². The highest BCUT2D eigenvalue weighted by Crippen LogP contribution is 2.62. The lowest BCUT2D eigenvalue weighted by Crippen LogP contribution is -2.58. The van der Waals surface area contributed by atoms with E-state index in [1.54, 1.807) is 13.0 Å². The molecule has 0 aromatic carbocycles. The van der Waals surface area contributed by atoms with E-state index < -0.39 is 34.6 Å². The average molecular weight is 360 g/mol. The number of carbonyl (C=O) groups excluding carboxylic acids is 1. The van der Waals surface area contributed by atoms with Gasteiger partial charge >= 0.3 is 11.9 Å². The maximum absolute atomic E-state index is 12.6. The minimum atomic E-state index is -1.26. The summed E-state index contributed by atoms with van der Waals surface area (Å²) in [5.41, 5.74) is -1.23. The van der Waals surface area contributed by atoms with Crippen LogP contribution in [0.3, 0.4) is 0 Å². The summed E-state index contributed by atoms with van der Waals surface area (Å²) in [6, 6.07) is 1.56. The number of aliphatic carboxylic acids is 2. The third-order valence-electron chi connectivity index (χ3n) is 6.67. The molecule has 26 heavy (non-hydrogen) atoms. The van der Waals surface area contributed by atoms with Gasteiger partial charge in [0.2, 0.25) is 0 Å². The van der Waals surface area contributed by atoms with Crippen LogP contribution in [0.2, 0.25) is 0 Å². The van der Waals surface area contributed by atoms with Crippen LogP contribution >= 0.6 is 0 Å². The fourth-order valence-electron chi connectivity index (χ4n) is 5.24. The summed E-state index contributed by atoms with van der Waals surface area (Å²) in [6.07, 6.45) is 5.12. The molecule has 140 valence electrons. The van der Waals surface area contributed by atoms with Gasteiger partial charge in [-0.15, -0.1) is 0 Å². The maximum Gasteiger partial charge on any atom is 0.310 e. The maximum atomic E-state index is 12.6. The molecule has 6 heteroatoms. The van der Waals surface area contributed by atoms with Gasteiger partial charge < -0.3 is 14.6 Å². The van der Waals surface area contributed by atoms with E-state index in [4.69, 9.17) is 4.42 Å². The zero-order valence-corrected chi connectivity index (χ0v) is 14.9. The van der Waals surface area contributed by atoms with E-state index in [-0.39, 0.29) is 12.2 Å². The molecule has 2 fully saturated rings. The average Bonchev–Trinajstić information content (AvgIpc) is 3.11. The van der Waals surface area contributed by atoms with Crippen molar-refractivity contribution in [3.8, 4) is 0 Å². The van der Waals surface area contributed by atoms with Crippen molar-refractivity contribution < 1.29 is 29.0 Å². The Hall–Kier alpha value is -2.37. The molecule has 2 aliphatic carbocycles. The van der Waals surface area contributed by atoms with E-state index in [0.717, 1.165) is 5.57 Å². The Labute approximate surface area is 151 Å². The van der Waals surface area contributed by atoms with Gasteiger partial charge in [0.15, 0.2) is 5.78 Å². The molecule has 0 aliphatic heterocycles. The molecule has 1 heterocycles. The monoisotopic (exact) mass is 360 g/mol. The predicted octanol–water partition coefficient (Wildman–Crippen LogP) is 3.78. The molecule has 2 saturated carbocycles. The number of carboxylic acids is 2. The van der Waals surface area contributed by atoms with Gasteiger partial charge in [-0.05, 0) is 44.6 Å². The molecule has 0 spiro atoms. The molecule has 1 aromatic heterocycles. The lowest BCUT2D eigenvalue weighted by molar-refractivity contribution is -0.180. The lowest BCUT2D eigenvalue weighted by atomic mass is 9.46. The summed E-state index contributed by atoms with van der Waals surface area (Å²) in [5.74, 6) is -3.26. The Bertz CT molecular complexity index is 748. The fraction of sp³-hybridized carbons (Fsp3) is 0.550. The largest absolute Gasteiger partial charge is 0.481 e. The number of allylic oxidation sites excluding steroid dienone is 1. The number of fused-ring (bicyclic) bond motifs is 1. The van der Waals surface area contributed by atoms with E-state index in [1.165, 1.54) is 12.5 Å². The molecule has 0 bridgehead atoms. The highest BCUT2D eigenvalue weighted by molar-refractivity contribution is 5.96. The van der Waals surface area contributed by atoms with E-state index in [2.05, 4.69) is 6.58 Å². The highest BCUT2D eigenvalue weighted by Gasteiger charge is 2.63. The number of carbonyl (C=O) groups is 3. The first-order valence-corrected chi connectivity index (χ1v) is 8.93. The van der Waals surface area contributed by atoms with Gasteiger partial charge in [0.1, 0.15) is 6.26 Å². The summed E-state index contributed by atoms with van der Waals surface area (Å²) in [7, 11) is 0. The summed E-state index contributed by atoms with van der Waals surface area (Å²) >= 11 is 0. The molecule has 0 radical (unpaired) electrons. The molecule has 2 aliphatic rings. The molecule has 0 saturated heterocycles. The SMILES string of the molecule is C=C1CC[C@@H]2[C@](C(=O)O)(CCC[C@@]2(C)C(=O)O)[C@H]1CC(=O)c1ccoc1. The van der Waals surface area contributed by atoms with Crippen LogP contribution in [-0.2, 0) is 9.59 Å². The highest BCUT2D eigenvalue weighted by atomic mass is 16.4. The predicted molar refractivity (Wildman–Crippen MR) is 92.7 cm³/mol. The smallest absolute Gasteiger partial charge is 0.310 e. The first-order chi connectivity index (χ1) is 12.2. The van der Waals surface area contributed by atoms with Crippen molar-refractivity contribution in [2.24, 2.45) is 22.7 Å². The second-order valence-corrected chi connectivity index (χ2v) is 7.86. The third kappa shape index (κ3) is 2.59. The summed E-state index contributed by atoms with van der Waals surface area (Å²) in [4.78, 5) is 37.1. The van der Waals surface area contributed by atoms with Crippen molar-refractivity contribution in [1.82, 2.24) is 0 Å². The summed E-state index contributed by atoms with van der Waals surface area (Å²) in [6.45, 7) is 5.71. The number of hydrogen-bond donors (Lipinski definition) is 2. The molecule has 3 rings (SSSR count). The molecular weight excluding hydrogens is 336 g/mol. The second-order valence-electron chi connectivity index (χ2n) is 7.86. The lowest BCUT2D eigenvalue weighted by Gasteiger charge is -2.56. The van der Waals surface area contributed by atoms with Crippen LogP contribution in [0.5, 0.6) is 0 Å². The number of ketones is 1. The topological polar surface area (TPSA) is 105 Å². The Balaban J connectivity index is 2.04.